The van der Waals surface area contributed by atoms with Crippen LogP contribution >= 0.6 is 0 Å². The maximum Gasteiger partial charge on any atom is 0.150 e. The Balaban J connectivity index is 2.24. The van der Waals surface area contributed by atoms with Crippen LogP contribution in [0.25, 0.3) is 0 Å². The van der Waals surface area contributed by atoms with Gasteiger partial charge in [-0.3, -0.25) is 4.98 Å². The van der Waals surface area contributed by atoms with Crippen molar-refractivity contribution in [2.24, 2.45) is 5.73 Å². The standard InChI is InChI=1S/C13H19N5/c1-3-12-16-13(4-2)18(17-12)9-10-5-6-15-11(7-10)8-14/h5-7H,3-4,8-9,14H2,1-2H3. The summed E-state index contributed by atoms with van der Waals surface area (Å²) in [6.45, 7) is 5.35. The van der Waals surface area contributed by atoms with E-state index in [9.17, 15) is 0 Å². The van der Waals surface area contributed by atoms with Gasteiger partial charge in [0, 0.05) is 25.6 Å². The molecule has 0 radical (unpaired) electrons. The summed E-state index contributed by atoms with van der Waals surface area (Å²) in [4.78, 5) is 8.69. The Morgan fingerprint density at radius 3 is 2.78 bits per heavy atom. The number of rotatable bonds is 5. The Bertz CT molecular complexity index is 518. The molecular weight excluding hydrogens is 226 g/mol. The molecule has 0 saturated carbocycles. The van der Waals surface area contributed by atoms with E-state index in [1.165, 1.54) is 0 Å². The molecule has 2 aromatic rings. The lowest BCUT2D eigenvalue weighted by atomic mass is 10.2. The van der Waals surface area contributed by atoms with Gasteiger partial charge < -0.3 is 5.73 Å². The smallest absolute Gasteiger partial charge is 0.150 e. The van der Waals surface area contributed by atoms with Crippen molar-refractivity contribution in [3.05, 3.63) is 41.2 Å². The van der Waals surface area contributed by atoms with Gasteiger partial charge in [0.15, 0.2) is 5.82 Å². The average Bonchev–Trinajstić information content (AvgIpc) is 2.81. The molecule has 2 N–H and O–H groups in total. The summed E-state index contributed by atoms with van der Waals surface area (Å²) >= 11 is 0. The first kappa shape index (κ1) is 12.7. The van der Waals surface area contributed by atoms with E-state index >= 15 is 0 Å². The number of nitrogens with two attached hydrogens (primary N) is 1. The van der Waals surface area contributed by atoms with Crippen LogP contribution in [0.4, 0.5) is 0 Å². The second-order valence-electron chi connectivity index (χ2n) is 4.17. The highest BCUT2D eigenvalue weighted by atomic mass is 15.3. The molecule has 0 aliphatic rings. The predicted octanol–water partition coefficient (Wildman–Crippen LogP) is 1.30. The monoisotopic (exact) mass is 245 g/mol. The van der Waals surface area contributed by atoms with Crippen LogP contribution in [0.1, 0.15) is 36.8 Å². The van der Waals surface area contributed by atoms with Crippen molar-refractivity contribution in [2.75, 3.05) is 0 Å². The lowest BCUT2D eigenvalue weighted by molar-refractivity contribution is 0.636. The van der Waals surface area contributed by atoms with E-state index in [0.717, 1.165) is 42.3 Å². The molecule has 0 atom stereocenters. The molecule has 2 rings (SSSR count). The first-order valence-corrected chi connectivity index (χ1v) is 6.33. The molecule has 0 bridgehead atoms. The summed E-state index contributed by atoms with van der Waals surface area (Å²) in [5.74, 6) is 1.93. The molecule has 2 aromatic heterocycles. The highest BCUT2D eigenvalue weighted by Crippen LogP contribution is 2.07. The Kier molecular flexibility index (Phi) is 4.04. The fraction of sp³-hybridized carbons (Fsp3) is 0.462. The molecule has 2 heterocycles. The summed E-state index contributed by atoms with van der Waals surface area (Å²) < 4.78 is 1.97. The molecule has 0 amide bonds. The molecule has 5 heteroatoms. The van der Waals surface area contributed by atoms with Gasteiger partial charge in [-0.1, -0.05) is 13.8 Å². The summed E-state index contributed by atoms with van der Waals surface area (Å²) in [7, 11) is 0. The van der Waals surface area contributed by atoms with E-state index in [-0.39, 0.29) is 0 Å². The molecule has 0 aliphatic heterocycles. The van der Waals surface area contributed by atoms with Crippen LogP contribution in [0.3, 0.4) is 0 Å². The number of aromatic nitrogens is 4. The molecule has 5 nitrogen and oxygen atoms in total. The van der Waals surface area contributed by atoms with Crippen molar-refractivity contribution in [2.45, 2.75) is 39.8 Å². The minimum Gasteiger partial charge on any atom is -0.325 e. The fourth-order valence-corrected chi connectivity index (χ4v) is 1.88. The molecule has 18 heavy (non-hydrogen) atoms. The van der Waals surface area contributed by atoms with Crippen molar-refractivity contribution in [1.82, 2.24) is 19.7 Å². The SMILES string of the molecule is CCc1nc(CC)n(Cc2ccnc(CN)c2)n1. The number of hydrogen-bond donors (Lipinski definition) is 1. The lowest BCUT2D eigenvalue weighted by Crippen LogP contribution is -2.08. The molecule has 0 aliphatic carbocycles. The molecular formula is C13H19N5. The first-order valence-electron chi connectivity index (χ1n) is 6.33. The Morgan fingerprint density at radius 1 is 1.28 bits per heavy atom. The molecule has 0 spiro atoms. The van der Waals surface area contributed by atoms with Gasteiger partial charge in [-0.2, -0.15) is 5.10 Å². The number of nitrogens with zero attached hydrogens (tertiary/aromatic N) is 4. The van der Waals surface area contributed by atoms with Crippen LogP contribution in [0.15, 0.2) is 18.3 Å². The minimum atomic E-state index is 0.464. The van der Waals surface area contributed by atoms with Crippen LogP contribution in [0.5, 0.6) is 0 Å². The molecule has 0 aromatic carbocycles. The molecule has 0 saturated heterocycles. The third kappa shape index (κ3) is 2.73. The summed E-state index contributed by atoms with van der Waals surface area (Å²) in [5.41, 5.74) is 7.66. The van der Waals surface area contributed by atoms with E-state index in [1.54, 1.807) is 6.20 Å². The molecule has 96 valence electrons. The van der Waals surface area contributed by atoms with Crippen molar-refractivity contribution in [1.29, 1.82) is 0 Å². The fourth-order valence-electron chi connectivity index (χ4n) is 1.88. The van der Waals surface area contributed by atoms with E-state index in [2.05, 4.69) is 28.9 Å². The largest absolute Gasteiger partial charge is 0.325 e. The van der Waals surface area contributed by atoms with E-state index in [1.807, 2.05) is 16.8 Å². The van der Waals surface area contributed by atoms with Gasteiger partial charge in [0.25, 0.3) is 0 Å². The van der Waals surface area contributed by atoms with E-state index in [4.69, 9.17) is 5.73 Å². The lowest BCUT2D eigenvalue weighted by Gasteiger charge is -2.05. The molecule has 0 unspecified atom stereocenters. The minimum absolute atomic E-state index is 0.464. The summed E-state index contributed by atoms with van der Waals surface area (Å²) in [5, 5.41) is 4.50. The van der Waals surface area contributed by atoms with Crippen molar-refractivity contribution < 1.29 is 0 Å². The summed E-state index contributed by atoms with van der Waals surface area (Å²) in [6, 6.07) is 4.01. The van der Waals surface area contributed by atoms with Gasteiger partial charge in [0.05, 0.1) is 12.2 Å². The van der Waals surface area contributed by atoms with Gasteiger partial charge in [0.2, 0.25) is 0 Å². The van der Waals surface area contributed by atoms with Crippen LogP contribution in [-0.2, 0) is 25.9 Å². The Morgan fingerprint density at radius 2 is 2.11 bits per heavy atom. The third-order valence-electron chi connectivity index (χ3n) is 2.85. The maximum atomic E-state index is 5.60. The average molecular weight is 245 g/mol. The van der Waals surface area contributed by atoms with Gasteiger partial charge in [-0.25, -0.2) is 9.67 Å². The maximum absolute atomic E-state index is 5.60. The second-order valence-corrected chi connectivity index (χ2v) is 4.17. The zero-order valence-corrected chi connectivity index (χ0v) is 10.9. The number of aryl methyl sites for hydroxylation is 2. The predicted molar refractivity (Wildman–Crippen MR) is 70.0 cm³/mol. The zero-order valence-electron chi connectivity index (χ0n) is 10.9. The summed E-state index contributed by atoms with van der Waals surface area (Å²) in [6.07, 6.45) is 3.55. The Labute approximate surface area is 107 Å². The van der Waals surface area contributed by atoms with Crippen molar-refractivity contribution in [3.8, 4) is 0 Å². The highest BCUT2D eigenvalue weighted by molar-refractivity contribution is 5.17. The van der Waals surface area contributed by atoms with Crippen molar-refractivity contribution in [3.63, 3.8) is 0 Å². The Hall–Kier alpha value is -1.75. The van der Waals surface area contributed by atoms with E-state index < -0.39 is 0 Å². The normalized spacial score (nSPS) is 10.8. The van der Waals surface area contributed by atoms with Gasteiger partial charge in [0.1, 0.15) is 5.82 Å². The quantitative estimate of drug-likeness (QED) is 0.862. The highest BCUT2D eigenvalue weighted by Gasteiger charge is 2.07. The second kappa shape index (κ2) is 5.73. The van der Waals surface area contributed by atoms with Crippen LogP contribution in [-0.4, -0.2) is 19.7 Å². The first-order chi connectivity index (χ1) is 8.76. The van der Waals surface area contributed by atoms with Crippen LogP contribution in [0, 0.1) is 0 Å². The van der Waals surface area contributed by atoms with Crippen molar-refractivity contribution >= 4 is 0 Å². The van der Waals surface area contributed by atoms with Gasteiger partial charge in [-0.15, -0.1) is 0 Å². The zero-order chi connectivity index (χ0) is 13.0. The van der Waals surface area contributed by atoms with Crippen LogP contribution in [0.2, 0.25) is 0 Å². The van der Waals surface area contributed by atoms with E-state index in [0.29, 0.717) is 6.54 Å². The third-order valence-corrected chi connectivity index (χ3v) is 2.85. The number of pyridine rings is 1. The topological polar surface area (TPSA) is 69.6 Å². The molecule has 0 fully saturated rings. The van der Waals surface area contributed by atoms with Gasteiger partial charge in [-0.05, 0) is 17.7 Å². The number of hydrogen-bond acceptors (Lipinski definition) is 4. The van der Waals surface area contributed by atoms with Gasteiger partial charge >= 0.3 is 0 Å². The van der Waals surface area contributed by atoms with Crippen LogP contribution < -0.4 is 5.73 Å².